The second-order valence-electron chi connectivity index (χ2n) is 7.31. The van der Waals surface area contributed by atoms with Crippen LogP contribution in [0, 0.1) is 13.8 Å². The summed E-state index contributed by atoms with van der Waals surface area (Å²) in [7, 11) is 3.79. The van der Waals surface area contributed by atoms with E-state index in [1.807, 2.05) is 23.7 Å². The zero-order valence-corrected chi connectivity index (χ0v) is 19.7. The number of hydrogen-bond acceptors (Lipinski definition) is 4. The van der Waals surface area contributed by atoms with Crippen molar-refractivity contribution in [3.63, 3.8) is 0 Å². The number of halogens is 1. The van der Waals surface area contributed by atoms with Crippen LogP contribution in [0.4, 0.5) is 0 Å². The molecule has 28 heavy (non-hydrogen) atoms. The lowest BCUT2D eigenvalue weighted by molar-refractivity contribution is -0.142. The van der Waals surface area contributed by atoms with Crippen molar-refractivity contribution in [3.05, 3.63) is 17.0 Å². The topological polar surface area (TPSA) is 75.0 Å². The van der Waals surface area contributed by atoms with Crippen molar-refractivity contribution in [2.45, 2.75) is 39.2 Å². The SMILES string of the molecule is CN=C(NCCc1c(C)nn(C)c1C)N1CCN(C(=O)C2CCCO2)CC1.I. The number of amides is 1. The molecule has 0 aliphatic carbocycles. The van der Waals surface area contributed by atoms with E-state index in [2.05, 4.69) is 34.2 Å². The monoisotopic (exact) mass is 504 g/mol. The number of aliphatic imine (C=N–C) groups is 1. The highest BCUT2D eigenvalue weighted by atomic mass is 127. The molecule has 2 saturated heterocycles. The van der Waals surface area contributed by atoms with Gasteiger partial charge in [0.25, 0.3) is 5.91 Å². The smallest absolute Gasteiger partial charge is 0.251 e. The largest absolute Gasteiger partial charge is 0.368 e. The number of guanidine groups is 1. The summed E-state index contributed by atoms with van der Waals surface area (Å²) >= 11 is 0. The Kier molecular flexibility index (Phi) is 8.54. The standard InChI is InChI=1S/C19H32N6O2.HI/c1-14-16(15(2)23(4)22-14)7-8-21-19(20-3)25-11-9-24(10-12-25)18(26)17-6-5-13-27-17;/h17H,5-13H2,1-4H3,(H,20,21);1H. The Morgan fingerprint density at radius 1 is 1.25 bits per heavy atom. The molecule has 8 nitrogen and oxygen atoms in total. The van der Waals surface area contributed by atoms with Gasteiger partial charge in [-0.2, -0.15) is 5.10 Å². The molecule has 2 aliphatic rings. The van der Waals surface area contributed by atoms with Crippen molar-refractivity contribution < 1.29 is 9.53 Å². The average Bonchev–Trinajstić information content (AvgIpc) is 3.29. The molecule has 0 spiro atoms. The Morgan fingerprint density at radius 2 is 1.93 bits per heavy atom. The number of aryl methyl sites for hydroxylation is 2. The van der Waals surface area contributed by atoms with Gasteiger partial charge in [-0.25, -0.2) is 0 Å². The third-order valence-electron chi connectivity index (χ3n) is 5.62. The maximum absolute atomic E-state index is 12.5. The molecule has 1 N–H and O–H groups in total. The van der Waals surface area contributed by atoms with Crippen molar-refractivity contribution in [2.24, 2.45) is 12.0 Å². The van der Waals surface area contributed by atoms with E-state index < -0.39 is 0 Å². The molecule has 0 bridgehead atoms. The van der Waals surface area contributed by atoms with Gasteiger partial charge in [0.15, 0.2) is 5.96 Å². The normalized spacial score (nSPS) is 20.3. The van der Waals surface area contributed by atoms with E-state index >= 15 is 0 Å². The fourth-order valence-electron chi connectivity index (χ4n) is 3.93. The lowest BCUT2D eigenvalue weighted by atomic mass is 10.1. The van der Waals surface area contributed by atoms with Crippen LogP contribution in [0.2, 0.25) is 0 Å². The summed E-state index contributed by atoms with van der Waals surface area (Å²) in [4.78, 5) is 21.0. The minimum atomic E-state index is -0.222. The summed E-state index contributed by atoms with van der Waals surface area (Å²) in [6, 6.07) is 0. The third-order valence-corrected chi connectivity index (χ3v) is 5.62. The van der Waals surface area contributed by atoms with Crippen LogP contribution in [0.1, 0.15) is 29.8 Å². The Hall–Kier alpha value is -1.36. The Morgan fingerprint density at radius 3 is 2.46 bits per heavy atom. The first-order valence-corrected chi connectivity index (χ1v) is 9.86. The zero-order chi connectivity index (χ0) is 19.4. The molecule has 0 aromatic carbocycles. The van der Waals surface area contributed by atoms with Crippen LogP contribution in [-0.2, 0) is 23.0 Å². The van der Waals surface area contributed by atoms with Crippen molar-refractivity contribution in [2.75, 3.05) is 46.4 Å². The van der Waals surface area contributed by atoms with E-state index in [4.69, 9.17) is 4.74 Å². The van der Waals surface area contributed by atoms with Crippen LogP contribution in [0.3, 0.4) is 0 Å². The molecule has 9 heteroatoms. The number of carbonyl (C=O) groups excluding carboxylic acids is 1. The van der Waals surface area contributed by atoms with E-state index in [9.17, 15) is 4.79 Å². The van der Waals surface area contributed by atoms with Crippen LogP contribution >= 0.6 is 24.0 Å². The summed E-state index contributed by atoms with van der Waals surface area (Å²) in [6.45, 7) is 8.72. The second kappa shape index (κ2) is 10.4. The fraction of sp³-hybridized carbons (Fsp3) is 0.737. The molecular weight excluding hydrogens is 471 g/mol. The van der Waals surface area contributed by atoms with E-state index in [0.717, 1.165) is 63.6 Å². The zero-order valence-electron chi connectivity index (χ0n) is 17.4. The molecule has 2 fully saturated rings. The van der Waals surface area contributed by atoms with Gasteiger partial charge in [-0.1, -0.05) is 0 Å². The lowest BCUT2D eigenvalue weighted by Gasteiger charge is -2.37. The first kappa shape index (κ1) is 22.9. The van der Waals surface area contributed by atoms with Crippen LogP contribution in [0.15, 0.2) is 4.99 Å². The molecule has 3 heterocycles. The number of piperazine rings is 1. The van der Waals surface area contributed by atoms with Gasteiger partial charge in [0.05, 0.1) is 5.69 Å². The summed E-state index contributed by atoms with van der Waals surface area (Å²) in [6.07, 6.45) is 2.54. The highest BCUT2D eigenvalue weighted by Crippen LogP contribution is 2.16. The number of aromatic nitrogens is 2. The molecule has 158 valence electrons. The van der Waals surface area contributed by atoms with Crippen molar-refractivity contribution in [3.8, 4) is 0 Å². The lowest BCUT2D eigenvalue weighted by Crippen LogP contribution is -2.55. The molecule has 2 aliphatic heterocycles. The van der Waals surface area contributed by atoms with Crippen molar-refractivity contribution >= 4 is 35.8 Å². The van der Waals surface area contributed by atoms with E-state index in [-0.39, 0.29) is 36.0 Å². The fourth-order valence-corrected chi connectivity index (χ4v) is 3.93. The van der Waals surface area contributed by atoms with Gasteiger partial charge >= 0.3 is 0 Å². The maximum atomic E-state index is 12.5. The van der Waals surface area contributed by atoms with Gasteiger partial charge in [0.1, 0.15) is 6.10 Å². The number of hydrogen-bond donors (Lipinski definition) is 1. The maximum Gasteiger partial charge on any atom is 0.251 e. The summed E-state index contributed by atoms with van der Waals surface area (Å²) in [5.74, 6) is 1.05. The first-order valence-electron chi connectivity index (χ1n) is 9.86. The predicted octanol–water partition coefficient (Wildman–Crippen LogP) is 1.10. The van der Waals surface area contributed by atoms with E-state index in [1.54, 1.807) is 0 Å². The molecular formula is C19H33IN6O2. The van der Waals surface area contributed by atoms with Gasteiger partial charge < -0.3 is 19.9 Å². The minimum absolute atomic E-state index is 0. The molecule has 1 atom stereocenters. The van der Waals surface area contributed by atoms with Gasteiger partial charge in [0, 0.05) is 59.1 Å². The Labute approximate surface area is 184 Å². The molecule has 3 rings (SSSR count). The number of nitrogens with zero attached hydrogens (tertiary/aromatic N) is 5. The molecule has 1 aromatic rings. The molecule has 0 radical (unpaired) electrons. The number of rotatable bonds is 4. The van der Waals surface area contributed by atoms with Crippen LogP contribution < -0.4 is 5.32 Å². The number of carbonyl (C=O) groups is 1. The van der Waals surface area contributed by atoms with Crippen LogP contribution in [0.25, 0.3) is 0 Å². The highest BCUT2D eigenvalue weighted by molar-refractivity contribution is 14.0. The van der Waals surface area contributed by atoms with Gasteiger partial charge in [-0.15, -0.1) is 24.0 Å². The first-order chi connectivity index (χ1) is 13.0. The van der Waals surface area contributed by atoms with E-state index in [1.165, 1.54) is 11.3 Å². The van der Waals surface area contributed by atoms with E-state index in [0.29, 0.717) is 6.61 Å². The quantitative estimate of drug-likeness (QED) is 0.378. The third kappa shape index (κ3) is 5.16. The minimum Gasteiger partial charge on any atom is -0.368 e. The molecule has 1 aromatic heterocycles. The van der Waals surface area contributed by atoms with Gasteiger partial charge in [-0.3, -0.25) is 14.5 Å². The molecule has 1 amide bonds. The Bertz CT molecular complexity index is 691. The van der Waals surface area contributed by atoms with Crippen LogP contribution in [0.5, 0.6) is 0 Å². The average molecular weight is 504 g/mol. The second-order valence-corrected chi connectivity index (χ2v) is 7.31. The van der Waals surface area contributed by atoms with Crippen molar-refractivity contribution in [1.82, 2.24) is 24.9 Å². The molecule has 0 saturated carbocycles. The highest BCUT2D eigenvalue weighted by Gasteiger charge is 2.30. The number of nitrogens with one attached hydrogen (secondary N) is 1. The number of ether oxygens (including phenoxy) is 1. The summed E-state index contributed by atoms with van der Waals surface area (Å²) in [5, 5.41) is 7.94. The van der Waals surface area contributed by atoms with Gasteiger partial charge in [-0.05, 0) is 38.7 Å². The van der Waals surface area contributed by atoms with Gasteiger partial charge in [0.2, 0.25) is 0 Å². The molecule has 1 unspecified atom stereocenters. The predicted molar refractivity (Wildman–Crippen MR) is 120 cm³/mol. The summed E-state index contributed by atoms with van der Waals surface area (Å²) < 4.78 is 7.47. The summed E-state index contributed by atoms with van der Waals surface area (Å²) in [5.41, 5.74) is 3.60. The van der Waals surface area contributed by atoms with Crippen molar-refractivity contribution in [1.29, 1.82) is 0 Å². The van der Waals surface area contributed by atoms with Crippen LogP contribution in [-0.4, -0.2) is 83.9 Å². The Balaban J connectivity index is 0.00000280.